The molecule has 150 valence electrons. The fourth-order valence-corrected chi connectivity index (χ4v) is 3.50. The van der Waals surface area contributed by atoms with Crippen molar-refractivity contribution in [3.63, 3.8) is 0 Å². The van der Waals surface area contributed by atoms with E-state index in [4.69, 9.17) is 9.15 Å². The molecular weight excluding hydrogens is 368 g/mol. The molecule has 4 rings (SSSR count). The molecule has 1 amide bonds. The first-order valence-corrected chi connectivity index (χ1v) is 9.78. The molecule has 1 aliphatic heterocycles. The number of nitrogens with zero attached hydrogens (tertiary/aromatic N) is 1. The number of aromatic hydroxyl groups is 1. The quantitative estimate of drug-likeness (QED) is 0.705. The van der Waals surface area contributed by atoms with Crippen LogP contribution in [-0.2, 0) is 4.74 Å². The summed E-state index contributed by atoms with van der Waals surface area (Å²) in [5.74, 6) is -0.169. The number of fused-ring (bicyclic) bond motifs is 1. The lowest BCUT2D eigenvalue weighted by Crippen LogP contribution is -2.34. The Morgan fingerprint density at radius 3 is 2.83 bits per heavy atom. The van der Waals surface area contributed by atoms with Gasteiger partial charge in [0.1, 0.15) is 16.9 Å². The number of nitrogens with one attached hydrogen (secondary N) is 1. The zero-order valence-electron chi connectivity index (χ0n) is 16.6. The first-order chi connectivity index (χ1) is 14.0. The number of phenolic OH excluding ortho intramolecular Hbond substituents is 1. The van der Waals surface area contributed by atoms with E-state index in [2.05, 4.69) is 10.3 Å². The van der Waals surface area contributed by atoms with Crippen LogP contribution in [0.15, 0.2) is 51.9 Å². The van der Waals surface area contributed by atoms with Crippen LogP contribution < -0.4 is 10.9 Å². The molecule has 1 atom stereocenters. The molecule has 3 aromatic rings. The molecule has 1 saturated heterocycles. The monoisotopic (exact) mass is 392 g/mol. The Labute approximate surface area is 168 Å². The molecule has 29 heavy (non-hydrogen) atoms. The van der Waals surface area contributed by atoms with Gasteiger partial charge in [-0.1, -0.05) is 17.7 Å². The number of carbonyl (C=O) groups is 1. The molecule has 2 N–H and O–H groups in total. The van der Waals surface area contributed by atoms with Gasteiger partial charge >= 0.3 is 0 Å². The topological polar surface area (TPSA) is 84.1 Å². The second-order valence-corrected chi connectivity index (χ2v) is 7.43. The van der Waals surface area contributed by atoms with Crippen molar-refractivity contribution in [3.05, 3.63) is 64.7 Å². The number of hydrogen-bond acceptors (Lipinski definition) is 5. The van der Waals surface area contributed by atoms with Gasteiger partial charge in [-0.2, -0.15) is 0 Å². The Morgan fingerprint density at radius 2 is 2.07 bits per heavy atom. The minimum Gasteiger partial charge on any atom is -0.508 e. The van der Waals surface area contributed by atoms with E-state index in [9.17, 15) is 9.90 Å². The van der Waals surface area contributed by atoms with Crippen LogP contribution in [0.4, 0.5) is 5.69 Å². The maximum atomic E-state index is 12.9. The lowest BCUT2D eigenvalue weighted by atomic mass is 10.1. The molecule has 0 saturated carbocycles. The predicted octanol–water partition coefficient (Wildman–Crippen LogP) is 3.90. The van der Waals surface area contributed by atoms with E-state index in [-0.39, 0.29) is 23.3 Å². The van der Waals surface area contributed by atoms with Crippen LogP contribution in [0.5, 0.6) is 5.75 Å². The molecular formula is C23H24N2O4. The molecule has 1 unspecified atom stereocenters. The number of benzene rings is 2. The lowest BCUT2D eigenvalue weighted by Gasteiger charge is -2.11. The summed E-state index contributed by atoms with van der Waals surface area (Å²) in [7, 11) is 0. The zero-order valence-corrected chi connectivity index (χ0v) is 16.6. The first kappa shape index (κ1) is 19.2. The van der Waals surface area contributed by atoms with E-state index in [1.54, 1.807) is 18.2 Å². The third kappa shape index (κ3) is 4.32. The average molecular weight is 392 g/mol. The van der Waals surface area contributed by atoms with Gasteiger partial charge in [0, 0.05) is 24.6 Å². The normalized spacial score (nSPS) is 17.0. The number of phenols is 1. The molecule has 1 fully saturated rings. The smallest absolute Gasteiger partial charge is 0.256 e. The van der Waals surface area contributed by atoms with Crippen LogP contribution >= 0.6 is 0 Å². The molecule has 2 aromatic carbocycles. The average Bonchev–Trinajstić information content (AvgIpc) is 3.21. The van der Waals surface area contributed by atoms with Crippen molar-refractivity contribution in [1.29, 1.82) is 0 Å². The highest BCUT2D eigenvalue weighted by Gasteiger charge is 2.18. The fraction of sp³-hybridized carbons (Fsp3) is 0.304. The van der Waals surface area contributed by atoms with Gasteiger partial charge in [-0.15, -0.1) is 0 Å². The number of hydrogen-bond donors (Lipinski definition) is 2. The van der Waals surface area contributed by atoms with Crippen LogP contribution in [-0.4, -0.2) is 30.3 Å². The summed E-state index contributed by atoms with van der Waals surface area (Å²) >= 11 is 0. The maximum absolute atomic E-state index is 12.9. The largest absolute Gasteiger partial charge is 0.508 e. The van der Waals surface area contributed by atoms with Crippen molar-refractivity contribution in [1.82, 2.24) is 5.32 Å². The summed E-state index contributed by atoms with van der Waals surface area (Å²) in [5.41, 5.74) is 3.87. The van der Waals surface area contributed by atoms with E-state index in [0.29, 0.717) is 23.1 Å². The summed E-state index contributed by atoms with van der Waals surface area (Å²) in [6.45, 7) is 5.18. The Hall–Kier alpha value is -3.12. The molecule has 2 heterocycles. The summed E-state index contributed by atoms with van der Waals surface area (Å²) in [6.07, 6.45) is 2.01. The molecule has 6 nitrogen and oxygen atoms in total. The summed E-state index contributed by atoms with van der Waals surface area (Å²) in [5, 5.41) is 13.4. The van der Waals surface area contributed by atoms with Crippen LogP contribution in [0.2, 0.25) is 0 Å². The number of amides is 1. The second-order valence-electron chi connectivity index (χ2n) is 7.43. The van der Waals surface area contributed by atoms with E-state index >= 15 is 0 Å². The Morgan fingerprint density at radius 1 is 1.21 bits per heavy atom. The van der Waals surface area contributed by atoms with Gasteiger partial charge in [-0.3, -0.25) is 4.79 Å². The predicted molar refractivity (Wildman–Crippen MR) is 110 cm³/mol. The molecule has 0 radical (unpaired) electrons. The van der Waals surface area contributed by atoms with Crippen molar-refractivity contribution >= 4 is 22.6 Å². The number of ether oxygens (including phenoxy) is 1. The standard InChI is InChI=1S/C23H24N2O4/c1-14-5-8-20(15(2)10-14)25-23-19(22(27)24-13-18-4-3-9-28-18)11-16-6-7-17(26)12-21(16)29-23/h5-8,10-12,18,26H,3-4,9,13H2,1-2H3,(H,24,27). The van der Waals surface area contributed by atoms with Crippen LogP contribution in [0.25, 0.3) is 11.0 Å². The van der Waals surface area contributed by atoms with Gasteiger partial charge in [0.15, 0.2) is 0 Å². The Balaban J connectivity index is 1.78. The third-order valence-electron chi connectivity index (χ3n) is 5.07. The molecule has 0 spiro atoms. The number of rotatable bonds is 4. The SMILES string of the molecule is Cc1ccc(N=c2oc3cc(O)ccc3cc2C(=O)NCC2CCCO2)c(C)c1. The highest BCUT2D eigenvalue weighted by molar-refractivity contribution is 5.96. The maximum Gasteiger partial charge on any atom is 0.256 e. The number of aryl methyl sites for hydroxylation is 2. The van der Waals surface area contributed by atoms with Gasteiger partial charge in [0.25, 0.3) is 5.91 Å². The molecule has 1 aliphatic rings. The van der Waals surface area contributed by atoms with Gasteiger partial charge in [-0.25, -0.2) is 4.99 Å². The minimum absolute atomic E-state index is 0.0491. The summed E-state index contributed by atoms with van der Waals surface area (Å²) in [6, 6.07) is 12.4. The van der Waals surface area contributed by atoms with Crippen molar-refractivity contribution in [3.8, 4) is 5.75 Å². The van der Waals surface area contributed by atoms with Crippen molar-refractivity contribution < 1.29 is 19.1 Å². The first-order valence-electron chi connectivity index (χ1n) is 9.78. The van der Waals surface area contributed by atoms with Crippen molar-refractivity contribution in [2.24, 2.45) is 4.99 Å². The molecule has 6 heteroatoms. The van der Waals surface area contributed by atoms with Crippen LogP contribution in [0, 0.1) is 13.8 Å². The van der Waals surface area contributed by atoms with E-state index in [1.807, 2.05) is 32.0 Å². The molecule has 1 aromatic heterocycles. The second kappa shape index (κ2) is 8.09. The van der Waals surface area contributed by atoms with Gasteiger partial charge in [0.05, 0.1) is 11.8 Å². The van der Waals surface area contributed by atoms with Crippen LogP contribution in [0.3, 0.4) is 0 Å². The highest BCUT2D eigenvalue weighted by Crippen LogP contribution is 2.22. The highest BCUT2D eigenvalue weighted by atomic mass is 16.5. The van der Waals surface area contributed by atoms with E-state index < -0.39 is 0 Å². The van der Waals surface area contributed by atoms with Gasteiger partial charge in [0.2, 0.25) is 5.55 Å². The van der Waals surface area contributed by atoms with E-state index in [0.717, 1.165) is 36.3 Å². The van der Waals surface area contributed by atoms with Crippen LogP contribution in [0.1, 0.15) is 34.3 Å². The Kier molecular flexibility index (Phi) is 5.36. The van der Waals surface area contributed by atoms with E-state index in [1.165, 1.54) is 6.07 Å². The zero-order chi connectivity index (χ0) is 20.4. The lowest BCUT2D eigenvalue weighted by molar-refractivity contribution is 0.0854. The van der Waals surface area contributed by atoms with Crippen molar-refractivity contribution in [2.45, 2.75) is 32.8 Å². The summed E-state index contributed by atoms with van der Waals surface area (Å²) in [4.78, 5) is 17.5. The van der Waals surface area contributed by atoms with Gasteiger partial charge in [-0.05, 0) is 56.5 Å². The number of carbonyl (C=O) groups excluding carboxylic acids is 1. The fourth-order valence-electron chi connectivity index (χ4n) is 3.50. The molecule has 0 bridgehead atoms. The minimum atomic E-state index is -0.261. The van der Waals surface area contributed by atoms with Crippen molar-refractivity contribution in [2.75, 3.05) is 13.2 Å². The molecule has 0 aliphatic carbocycles. The summed E-state index contributed by atoms with van der Waals surface area (Å²) < 4.78 is 11.5. The third-order valence-corrected chi connectivity index (χ3v) is 5.07. The Bertz CT molecular complexity index is 1130. The van der Waals surface area contributed by atoms with Gasteiger partial charge < -0.3 is 19.6 Å².